The number of benzene rings is 1. The molecule has 2 N–H and O–H groups in total. The lowest BCUT2D eigenvalue weighted by Crippen LogP contribution is -2.47. The number of hydrogen-bond acceptors (Lipinski definition) is 5. The molecule has 1 aromatic rings. The third-order valence-electron chi connectivity index (χ3n) is 5.41. The van der Waals surface area contributed by atoms with Gasteiger partial charge < -0.3 is 15.4 Å². The summed E-state index contributed by atoms with van der Waals surface area (Å²) in [6, 6.07) is 6.82. The molecular formula is C23H33N3O5. The maximum absolute atomic E-state index is 12.8. The average molecular weight is 432 g/mol. The van der Waals surface area contributed by atoms with Crippen molar-refractivity contribution in [3.05, 3.63) is 29.8 Å². The van der Waals surface area contributed by atoms with E-state index < -0.39 is 42.0 Å². The number of amides is 4. The Bertz CT molecular complexity index is 813. The number of anilines is 1. The molecule has 0 aliphatic carbocycles. The van der Waals surface area contributed by atoms with Crippen molar-refractivity contribution in [1.82, 2.24) is 10.2 Å². The van der Waals surface area contributed by atoms with Gasteiger partial charge >= 0.3 is 12.0 Å². The fourth-order valence-corrected chi connectivity index (χ4v) is 3.75. The number of carbonyl (C=O) groups excluding carboxylic acids is 4. The van der Waals surface area contributed by atoms with Gasteiger partial charge in [0.05, 0.1) is 0 Å². The van der Waals surface area contributed by atoms with Crippen LogP contribution in [0.5, 0.6) is 0 Å². The molecule has 0 unspecified atom stereocenters. The Balaban J connectivity index is 1.94. The topological polar surface area (TPSA) is 105 Å². The second-order valence-corrected chi connectivity index (χ2v) is 8.30. The summed E-state index contributed by atoms with van der Waals surface area (Å²) in [4.78, 5) is 50.7. The molecule has 0 radical (unpaired) electrons. The number of hydrogen-bond donors (Lipinski definition) is 2. The molecule has 2 rings (SSSR count). The van der Waals surface area contributed by atoms with Gasteiger partial charge in [-0.15, -0.1) is 0 Å². The number of nitrogens with one attached hydrogen (secondary N) is 2. The summed E-state index contributed by atoms with van der Waals surface area (Å²) < 4.78 is 5.17. The SMILES string of the molecule is CCCC1(CCC)NC(=O)N(CC(=O)O[C@@H](C)C(=O)Nc2ccc(C(C)C)cc2)C1=O. The van der Waals surface area contributed by atoms with E-state index in [-0.39, 0.29) is 0 Å². The van der Waals surface area contributed by atoms with E-state index in [1.54, 1.807) is 12.1 Å². The van der Waals surface area contributed by atoms with Crippen molar-refractivity contribution >= 4 is 29.5 Å². The van der Waals surface area contributed by atoms with Crippen molar-refractivity contribution in [2.24, 2.45) is 0 Å². The van der Waals surface area contributed by atoms with Gasteiger partial charge in [-0.25, -0.2) is 4.79 Å². The summed E-state index contributed by atoms with van der Waals surface area (Å²) in [6.45, 7) is 8.94. The molecule has 31 heavy (non-hydrogen) atoms. The smallest absolute Gasteiger partial charge is 0.327 e. The van der Waals surface area contributed by atoms with Crippen LogP contribution >= 0.6 is 0 Å². The number of ether oxygens (including phenoxy) is 1. The second-order valence-electron chi connectivity index (χ2n) is 8.30. The van der Waals surface area contributed by atoms with E-state index in [0.717, 1.165) is 23.3 Å². The molecule has 1 atom stereocenters. The van der Waals surface area contributed by atoms with Gasteiger partial charge in [-0.3, -0.25) is 19.3 Å². The monoisotopic (exact) mass is 431 g/mol. The van der Waals surface area contributed by atoms with Gasteiger partial charge in [-0.05, 0) is 43.4 Å². The highest BCUT2D eigenvalue weighted by Crippen LogP contribution is 2.28. The molecule has 8 nitrogen and oxygen atoms in total. The van der Waals surface area contributed by atoms with Gasteiger partial charge in [0, 0.05) is 5.69 Å². The quantitative estimate of drug-likeness (QED) is 0.435. The van der Waals surface area contributed by atoms with Crippen LogP contribution in [0, 0.1) is 0 Å². The van der Waals surface area contributed by atoms with E-state index in [0.29, 0.717) is 24.4 Å². The molecule has 4 amide bonds. The summed E-state index contributed by atoms with van der Waals surface area (Å²) in [7, 11) is 0. The predicted molar refractivity (Wildman–Crippen MR) is 118 cm³/mol. The molecular weight excluding hydrogens is 398 g/mol. The molecule has 1 aliphatic rings. The van der Waals surface area contributed by atoms with Gasteiger partial charge in [0.25, 0.3) is 11.8 Å². The summed E-state index contributed by atoms with van der Waals surface area (Å²) >= 11 is 0. The fraction of sp³-hybridized carbons (Fsp3) is 0.565. The van der Waals surface area contributed by atoms with Crippen LogP contribution in [0.1, 0.15) is 71.8 Å². The Morgan fingerprint density at radius 2 is 1.65 bits per heavy atom. The molecule has 1 fully saturated rings. The van der Waals surface area contributed by atoms with Gasteiger partial charge in [0.2, 0.25) is 0 Å². The Kier molecular flexibility index (Phi) is 8.19. The summed E-state index contributed by atoms with van der Waals surface area (Å²) in [5.74, 6) is -1.34. The van der Waals surface area contributed by atoms with E-state index in [4.69, 9.17) is 4.74 Å². The van der Waals surface area contributed by atoms with Crippen LogP contribution in [-0.4, -0.2) is 46.9 Å². The molecule has 1 aromatic carbocycles. The van der Waals surface area contributed by atoms with Crippen LogP contribution in [0.15, 0.2) is 24.3 Å². The first-order valence-corrected chi connectivity index (χ1v) is 10.9. The Morgan fingerprint density at radius 1 is 1.06 bits per heavy atom. The lowest BCUT2D eigenvalue weighted by Gasteiger charge is -2.25. The number of urea groups is 1. The van der Waals surface area contributed by atoms with Crippen molar-refractivity contribution in [2.45, 2.75) is 77.9 Å². The largest absolute Gasteiger partial charge is 0.451 e. The zero-order valence-electron chi connectivity index (χ0n) is 19.0. The standard InChI is InChI=1S/C23H33N3O5/c1-6-12-23(13-7-2)21(29)26(22(30)25-23)14-19(27)31-16(5)20(28)24-18-10-8-17(9-11-18)15(3)4/h8-11,15-16H,6-7,12-14H2,1-5H3,(H,24,28)(H,25,30)/t16-/m0/s1. The van der Waals surface area contributed by atoms with Gasteiger partial charge in [0.1, 0.15) is 12.1 Å². The summed E-state index contributed by atoms with van der Waals surface area (Å²) in [5, 5.41) is 5.44. The highest BCUT2D eigenvalue weighted by atomic mass is 16.5. The van der Waals surface area contributed by atoms with Crippen molar-refractivity contribution < 1.29 is 23.9 Å². The third kappa shape index (κ3) is 5.83. The third-order valence-corrected chi connectivity index (χ3v) is 5.41. The normalized spacial score (nSPS) is 16.3. The van der Waals surface area contributed by atoms with E-state index in [1.165, 1.54) is 6.92 Å². The van der Waals surface area contributed by atoms with E-state index in [2.05, 4.69) is 24.5 Å². The molecule has 0 bridgehead atoms. The van der Waals surface area contributed by atoms with E-state index in [9.17, 15) is 19.2 Å². The van der Waals surface area contributed by atoms with Gasteiger partial charge in [-0.2, -0.15) is 0 Å². The number of carbonyl (C=O) groups is 4. The van der Waals surface area contributed by atoms with Crippen LogP contribution < -0.4 is 10.6 Å². The summed E-state index contributed by atoms with van der Waals surface area (Å²) in [6.07, 6.45) is 1.38. The first kappa shape index (κ1) is 24.4. The Labute approximate surface area is 183 Å². The predicted octanol–water partition coefficient (Wildman–Crippen LogP) is 3.57. The van der Waals surface area contributed by atoms with E-state index >= 15 is 0 Å². The van der Waals surface area contributed by atoms with Crippen molar-refractivity contribution in [3.63, 3.8) is 0 Å². The molecule has 170 valence electrons. The molecule has 0 saturated carbocycles. The minimum absolute atomic E-state index is 0.378. The summed E-state index contributed by atoms with van der Waals surface area (Å²) in [5.41, 5.74) is 0.773. The van der Waals surface area contributed by atoms with Crippen molar-refractivity contribution in [1.29, 1.82) is 0 Å². The minimum atomic E-state index is -1.07. The van der Waals surface area contributed by atoms with Gasteiger partial charge in [0.15, 0.2) is 6.10 Å². The zero-order valence-corrected chi connectivity index (χ0v) is 19.0. The maximum atomic E-state index is 12.8. The highest BCUT2D eigenvalue weighted by molar-refractivity contribution is 6.08. The number of esters is 1. The van der Waals surface area contributed by atoms with Crippen LogP contribution in [0.25, 0.3) is 0 Å². The molecule has 8 heteroatoms. The zero-order chi connectivity index (χ0) is 23.2. The first-order valence-electron chi connectivity index (χ1n) is 10.9. The maximum Gasteiger partial charge on any atom is 0.327 e. The number of nitrogens with zero attached hydrogens (tertiary/aromatic N) is 1. The van der Waals surface area contributed by atoms with E-state index in [1.807, 2.05) is 26.0 Å². The highest BCUT2D eigenvalue weighted by Gasteiger charge is 2.50. The van der Waals surface area contributed by atoms with Crippen molar-refractivity contribution in [2.75, 3.05) is 11.9 Å². The average Bonchev–Trinajstić information content (AvgIpc) is 2.93. The van der Waals surface area contributed by atoms with Crippen LogP contribution in [0.2, 0.25) is 0 Å². The van der Waals surface area contributed by atoms with Gasteiger partial charge in [-0.1, -0.05) is 52.7 Å². The van der Waals surface area contributed by atoms with Crippen molar-refractivity contribution in [3.8, 4) is 0 Å². The van der Waals surface area contributed by atoms with Crippen LogP contribution in [-0.2, 0) is 19.1 Å². The fourth-order valence-electron chi connectivity index (χ4n) is 3.75. The Morgan fingerprint density at radius 3 is 2.16 bits per heavy atom. The molecule has 1 heterocycles. The minimum Gasteiger partial charge on any atom is -0.451 e. The molecule has 0 spiro atoms. The lowest BCUT2D eigenvalue weighted by molar-refractivity contribution is -0.155. The van der Waals surface area contributed by atoms with Crippen LogP contribution in [0.4, 0.5) is 10.5 Å². The first-order chi connectivity index (χ1) is 14.6. The molecule has 1 aliphatic heterocycles. The Hall–Kier alpha value is -2.90. The second kappa shape index (κ2) is 10.4. The lowest BCUT2D eigenvalue weighted by atomic mass is 9.88. The van der Waals surface area contributed by atoms with Crippen LogP contribution in [0.3, 0.4) is 0 Å². The molecule has 0 aromatic heterocycles. The molecule has 1 saturated heterocycles. The number of imide groups is 1. The number of rotatable bonds is 10.